The topological polar surface area (TPSA) is 73.9 Å². The third-order valence-corrected chi connectivity index (χ3v) is 7.95. The minimum absolute atomic E-state index is 0.0886. The third-order valence-electron chi connectivity index (χ3n) is 2.54. The van der Waals surface area contributed by atoms with E-state index in [1.807, 2.05) is 27.7 Å². The van der Waals surface area contributed by atoms with Gasteiger partial charge in [0.15, 0.2) is 0 Å². The number of nitrogens with one attached hydrogen (secondary N) is 1. The molecule has 6 nitrogen and oxygen atoms in total. The van der Waals surface area contributed by atoms with Crippen LogP contribution in [0.4, 0.5) is 0 Å². The molecule has 0 fully saturated rings. The number of ether oxygens (including phenoxy) is 1. The lowest BCUT2D eigenvalue weighted by atomic mass is 10.0. The lowest BCUT2D eigenvalue weighted by Crippen LogP contribution is -2.43. The van der Waals surface area contributed by atoms with Gasteiger partial charge in [-0.2, -0.15) is 0 Å². The zero-order chi connectivity index (χ0) is 17.9. The maximum atomic E-state index is 12.1. The maximum absolute atomic E-state index is 12.1. The van der Waals surface area contributed by atoms with Crippen LogP contribution in [0.3, 0.4) is 0 Å². The fourth-order valence-electron chi connectivity index (χ4n) is 1.73. The fraction of sp³-hybridized carbons (Fsp3) is 0.857. The molecule has 0 saturated carbocycles. The molecule has 0 bridgehead atoms. The van der Waals surface area contributed by atoms with Gasteiger partial charge in [-0.1, -0.05) is 25.2 Å². The first-order chi connectivity index (χ1) is 10.8. The molecule has 23 heavy (non-hydrogen) atoms. The van der Waals surface area contributed by atoms with Gasteiger partial charge in [0.1, 0.15) is 6.04 Å². The molecular formula is C14H28NO5PS2. The molecular weight excluding hydrogens is 357 g/mol. The molecule has 0 heterocycles. The zero-order valence-corrected chi connectivity index (χ0v) is 17.0. The summed E-state index contributed by atoms with van der Waals surface area (Å²) in [7, 11) is 0. The van der Waals surface area contributed by atoms with Crippen LogP contribution in [0.1, 0.15) is 41.0 Å². The summed E-state index contributed by atoms with van der Waals surface area (Å²) >= 11 is 6.54. The Labute approximate surface area is 148 Å². The summed E-state index contributed by atoms with van der Waals surface area (Å²) < 4.78 is 15.9. The molecule has 9 heteroatoms. The number of rotatable bonds is 12. The van der Waals surface area contributed by atoms with E-state index in [0.717, 1.165) is 0 Å². The molecule has 1 atom stereocenters. The summed E-state index contributed by atoms with van der Waals surface area (Å²) in [5.41, 5.74) is -2.51. The van der Waals surface area contributed by atoms with Gasteiger partial charge in [-0.25, -0.2) is 4.79 Å². The molecule has 1 unspecified atom stereocenters. The third kappa shape index (κ3) is 10.4. The van der Waals surface area contributed by atoms with Crippen LogP contribution in [0.2, 0.25) is 0 Å². The number of hydrogen-bond donors (Lipinski definition) is 1. The van der Waals surface area contributed by atoms with Crippen molar-refractivity contribution in [3.63, 3.8) is 0 Å². The summed E-state index contributed by atoms with van der Waals surface area (Å²) in [6, 6.07) is -0.639. The minimum Gasteiger partial charge on any atom is -0.464 e. The van der Waals surface area contributed by atoms with E-state index in [2.05, 4.69) is 5.32 Å². The first-order valence-electron chi connectivity index (χ1n) is 7.77. The SMILES string of the molecule is CCOC(=O)C(CC(C)C)NC(=O)CSP(=S)(OCC)OCC. The second kappa shape index (κ2) is 12.3. The summed E-state index contributed by atoms with van der Waals surface area (Å²) in [5, 5.41) is 2.72. The first kappa shape index (κ1) is 22.9. The van der Waals surface area contributed by atoms with Crippen LogP contribution in [-0.2, 0) is 35.2 Å². The highest BCUT2D eigenvalue weighted by atomic mass is 32.9. The number of carbonyl (C=O) groups is 2. The fourth-order valence-corrected chi connectivity index (χ4v) is 5.96. The number of carbonyl (C=O) groups excluding carboxylic acids is 2. The lowest BCUT2D eigenvalue weighted by molar-refractivity contribution is -0.147. The van der Waals surface area contributed by atoms with Crippen LogP contribution in [0.25, 0.3) is 0 Å². The monoisotopic (exact) mass is 385 g/mol. The second-order valence-electron chi connectivity index (χ2n) is 5.06. The van der Waals surface area contributed by atoms with Crippen molar-refractivity contribution in [1.29, 1.82) is 0 Å². The van der Waals surface area contributed by atoms with Crippen LogP contribution in [0.15, 0.2) is 0 Å². The molecule has 0 aliphatic heterocycles. The zero-order valence-electron chi connectivity index (χ0n) is 14.5. The molecule has 0 radical (unpaired) electrons. The summed E-state index contributed by atoms with van der Waals surface area (Å²) in [4.78, 5) is 24.0. The Kier molecular flexibility index (Phi) is 12.2. The highest BCUT2D eigenvalue weighted by molar-refractivity contribution is 8.68. The molecule has 1 N–H and O–H groups in total. The molecule has 0 aromatic carbocycles. The normalized spacial score (nSPS) is 13.0. The van der Waals surface area contributed by atoms with Gasteiger partial charge in [-0.3, -0.25) is 4.79 Å². The van der Waals surface area contributed by atoms with Gasteiger partial charge in [0, 0.05) is 0 Å². The van der Waals surface area contributed by atoms with Gasteiger partial charge in [-0.15, -0.1) is 0 Å². The smallest absolute Gasteiger partial charge is 0.328 e. The van der Waals surface area contributed by atoms with Crippen LogP contribution in [0, 0.1) is 5.92 Å². The van der Waals surface area contributed by atoms with Gasteiger partial charge < -0.3 is 19.1 Å². The predicted octanol–water partition coefficient (Wildman–Crippen LogP) is 3.11. The van der Waals surface area contributed by atoms with Gasteiger partial charge in [0.25, 0.3) is 0 Å². The molecule has 0 aliphatic rings. The van der Waals surface area contributed by atoms with Crippen LogP contribution in [0.5, 0.6) is 0 Å². The molecule has 136 valence electrons. The molecule has 0 saturated heterocycles. The van der Waals surface area contributed by atoms with E-state index in [0.29, 0.717) is 19.6 Å². The highest BCUT2D eigenvalue weighted by Crippen LogP contribution is 2.60. The van der Waals surface area contributed by atoms with E-state index >= 15 is 0 Å². The molecule has 0 rings (SSSR count). The second-order valence-corrected chi connectivity index (χ2v) is 11.4. The Morgan fingerprint density at radius 1 is 1.13 bits per heavy atom. The number of hydrogen-bond acceptors (Lipinski definition) is 7. The van der Waals surface area contributed by atoms with Crippen molar-refractivity contribution < 1.29 is 23.4 Å². The number of esters is 1. The highest BCUT2D eigenvalue weighted by Gasteiger charge is 2.25. The van der Waals surface area contributed by atoms with Crippen molar-refractivity contribution in [1.82, 2.24) is 5.32 Å². The van der Waals surface area contributed by atoms with E-state index in [1.165, 1.54) is 11.4 Å². The first-order valence-corrected chi connectivity index (χ1v) is 12.0. The van der Waals surface area contributed by atoms with Crippen molar-refractivity contribution >= 4 is 40.8 Å². The maximum Gasteiger partial charge on any atom is 0.328 e. The Bertz CT molecular complexity index is 410. The largest absolute Gasteiger partial charge is 0.464 e. The average molecular weight is 385 g/mol. The molecule has 0 spiro atoms. The number of amides is 1. The lowest BCUT2D eigenvalue weighted by Gasteiger charge is -2.21. The van der Waals surface area contributed by atoms with E-state index in [9.17, 15) is 9.59 Å². The predicted molar refractivity (Wildman–Crippen MR) is 98.0 cm³/mol. The van der Waals surface area contributed by atoms with Crippen LogP contribution >= 0.6 is 17.1 Å². The van der Waals surface area contributed by atoms with Crippen molar-refractivity contribution in [2.24, 2.45) is 5.92 Å². The molecule has 0 aromatic heterocycles. The van der Waals surface area contributed by atoms with Gasteiger partial charge in [-0.05, 0) is 44.9 Å². The van der Waals surface area contributed by atoms with Crippen molar-refractivity contribution in [2.75, 3.05) is 25.6 Å². The van der Waals surface area contributed by atoms with E-state index in [4.69, 9.17) is 25.6 Å². The van der Waals surface area contributed by atoms with Crippen molar-refractivity contribution in [3.8, 4) is 0 Å². The quantitative estimate of drug-likeness (QED) is 0.409. The van der Waals surface area contributed by atoms with Crippen molar-refractivity contribution in [3.05, 3.63) is 0 Å². The van der Waals surface area contributed by atoms with Gasteiger partial charge in [0.05, 0.1) is 25.6 Å². The Morgan fingerprint density at radius 2 is 1.70 bits per heavy atom. The van der Waals surface area contributed by atoms with E-state index in [-0.39, 0.29) is 24.2 Å². The molecule has 0 aliphatic carbocycles. The minimum atomic E-state index is -2.51. The van der Waals surface area contributed by atoms with E-state index < -0.39 is 17.7 Å². The summed E-state index contributed by atoms with van der Waals surface area (Å²) in [5.74, 6) is -0.337. The molecule has 0 aromatic rings. The average Bonchev–Trinajstić information content (AvgIpc) is 2.45. The summed E-state index contributed by atoms with van der Waals surface area (Å²) in [6.45, 7) is 10.5. The van der Waals surface area contributed by atoms with Crippen LogP contribution in [-0.4, -0.2) is 43.5 Å². The van der Waals surface area contributed by atoms with Crippen LogP contribution < -0.4 is 5.32 Å². The standard InChI is InChI=1S/C14H28NO5PS2/c1-6-18-14(17)12(9-11(4)5)15-13(16)10-23-21(22,19-7-2)20-8-3/h11-12H,6-10H2,1-5H3,(H,15,16). The Morgan fingerprint density at radius 3 is 2.13 bits per heavy atom. The summed E-state index contributed by atoms with van der Waals surface area (Å²) in [6.07, 6.45) is 0.528. The Balaban J connectivity index is 4.62. The molecule has 1 amide bonds. The van der Waals surface area contributed by atoms with E-state index in [1.54, 1.807) is 6.92 Å². The van der Waals surface area contributed by atoms with Gasteiger partial charge in [0.2, 0.25) is 11.6 Å². The van der Waals surface area contributed by atoms with Gasteiger partial charge >= 0.3 is 5.97 Å². The van der Waals surface area contributed by atoms with Crippen molar-refractivity contribution in [2.45, 2.75) is 47.1 Å². The Hall–Kier alpha value is -0.140.